The number of unbranched alkanes of at least 4 members (excludes halogenated alkanes) is 4. The number of carbonyl (C=O) groups is 1. The van der Waals surface area contributed by atoms with Crippen molar-refractivity contribution >= 4 is 43.0 Å². The molecule has 0 aliphatic rings. The van der Waals surface area contributed by atoms with E-state index in [2.05, 4.69) is 0 Å². The van der Waals surface area contributed by atoms with Crippen molar-refractivity contribution in [2.45, 2.75) is 51.4 Å². The van der Waals surface area contributed by atoms with E-state index in [1.54, 1.807) is 0 Å². The van der Waals surface area contributed by atoms with Gasteiger partial charge in [-0.1, -0.05) is 48.5 Å². The largest absolute Gasteiger partial charge is 0.313 e. The average molecular weight is 421 g/mol. The lowest BCUT2D eigenvalue weighted by Crippen LogP contribution is -2.02. The van der Waals surface area contributed by atoms with Crippen LogP contribution in [0.4, 0.5) is 0 Å². The molecule has 3 nitrogen and oxygen atoms in total. The Morgan fingerprint density at radius 3 is 1.32 bits per heavy atom. The molecule has 0 saturated carbocycles. The second kappa shape index (κ2) is 15.0. The van der Waals surface area contributed by atoms with Gasteiger partial charge in [0.15, 0.2) is 5.78 Å². The molecule has 0 heterocycles. The van der Waals surface area contributed by atoms with E-state index in [0.29, 0.717) is 0 Å². The molecule has 2 aromatic rings. The van der Waals surface area contributed by atoms with Crippen molar-refractivity contribution in [1.29, 1.82) is 10.8 Å². The third kappa shape index (κ3) is 8.81. The zero-order chi connectivity index (χ0) is 18.6. The monoisotopic (exact) mass is 420 g/mol. The van der Waals surface area contributed by atoms with Crippen molar-refractivity contribution in [3.05, 3.63) is 70.8 Å². The summed E-state index contributed by atoms with van der Waals surface area (Å²) in [6.07, 6.45) is 10.8. The molecule has 0 fully saturated rings. The van der Waals surface area contributed by atoms with Crippen LogP contribution in [0.15, 0.2) is 48.5 Å². The molecule has 0 amide bonds. The maximum Gasteiger partial charge on any atom is 0.193 e. The third-order valence-electron chi connectivity index (χ3n) is 4.56. The molecule has 5 heteroatoms. The molecule has 0 aromatic heterocycles. The van der Waals surface area contributed by atoms with E-state index in [1.165, 1.54) is 23.6 Å². The van der Waals surface area contributed by atoms with Gasteiger partial charge >= 0.3 is 0 Å². The number of carbonyl (C=O) groups excluding carboxylic acids is 1. The molecule has 0 spiro atoms. The van der Waals surface area contributed by atoms with Crippen LogP contribution in [-0.4, -0.2) is 18.2 Å². The van der Waals surface area contributed by atoms with Gasteiger partial charge in [0.2, 0.25) is 0 Å². The predicted octanol–water partition coefficient (Wildman–Crippen LogP) is 6.49. The summed E-state index contributed by atoms with van der Waals surface area (Å²) in [6.45, 7) is 0. The van der Waals surface area contributed by atoms with Gasteiger partial charge in [0, 0.05) is 11.1 Å². The Labute approximate surface area is 180 Å². The van der Waals surface area contributed by atoms with Gasteiger partial charge in [-0.2, -0.15) is 0 Å². The Morgan fingerprint density at radius 1 is 0.643 bits per heavy atom. The minimum atomic E-state index is 0. The summed E-state index contributed by atoms with van der Waals surface area (Å²) < 4.78 is 0. The van der Waals surface area contributed by atoms with Crippen molar-refractivity contribution in [2.75, 3.05) is 0 Å². The highest BCUT2D eigenvalue weighted by molar-refractivity contribution is 6.09. The molecule has 2 rings (SSSR count). The summed E-state index contributed by atoms with van der Waals surface area (Å²) in [5.41, 5.74) is 3.94. The molecule has 28 heavy (non-hydrogen) atoms. The molecule has 0 radical (unpaired) electrons. The summed E-state index contributed by atoms with van der Waals surface area (Å²) >= 11 is 0. The molecule has 0 saturated heterocycles. The van der Waals surface area contributed by atoms with E-state index < -0.39 is 0 Å². The van der Waals surface area contributed by atoms with E-state index in [-0.39, 0.29) is 30.6 Å². The Hall–Kier alpha value is -1.97. The van der Waals surface area contributed by atoms with Gasteiger partial charge in [-0.3, -0.25) is 4.79 Å². The van der Waals surface area contributed by atoms with Crippen LogP contribution in [0.3, 0.4) is 0 Å². The maximum atomic E-state index is 12.6. The molecule has 2 aromatic carbocycles. The Morgan fingerprint density at radius 2 is 1.00 bits per heavy atom. The lowest BCUT2D eigenvalue weighted by atomic mass is 9.98. The molecule has 0 bridgehead atoms. The summed E-state index contributed by atoms with van der Waals surface area (Å²) in [5, 5.41) is 14.1. The van der Waals surface area contributed by atoms with E-state index >= 15 is 0 Å². The molecular formula is C23H30Cl2N2O. The zero-order valence-corrected chi connectivity index (χ0v) is 17.8. The molecule has 0 aliphatic heterocycles. The molecule has 0 unspecified atom stereocenters. The number of nitrogens with one attached hydrogen (secondary N) is 2. The first-order valence-corrected chi connectivity index (χ1v) is 9.45. The van der Waals surface area contributed by atoms with Crippen LogP contribution in [0.1, 0.15) is 65.6 Å². The minimum absolute atomic E-state index is 0. The molecule has 152 valence electrons. The second-order valence-corrected chi connectivity index (χ2v) is 6.62. The molecular weight excluding hydrogens is 391 g/mol. The fourth-order valence-electron chi connectivity index (χ4n) is 2.96. The minimum Gasteiger partial charge on any atom is -0.313 e. The van der Waals surface area contributed by atoms with Crippen LogP contribution in [0.25, 0.3) is 0 Å². The van der Waals surface area contributed by atoms with Crippen LogP contribution in [-0.2, 0) is 12.8 Å². The SMILES string of the molecule is Cl.Cl.N=CCCCCc1ccc(C(=O)c2ccc(CCCCC=N)cc2)cc1. The number of aryl methyl sites for hydroxylation is 2. The van der Waals surface area contributed by atoms with Gasteiger partial charge in [0.1, 0.15) is 0 Å². The lowest BCUT2D eigenvalue weighted by Gasteiger charge is -2.06. The summed E-state index contributed by atoms with van der Waals surface area (Å²) in [4.78, 5) is 12.6. The molecule has 0 aliphatic carbocycles. The number of ketones is 1. The third-order valence-corrected chi connectivity index (χ3v) is 4.56. The van der Waals surface area contributed by atoms with Gasteiger partial charge in [-0.15, -0.1) is 24.8 Å². The van der Waals surface area contributed by atoms with Crippen LogP contribution in [0, 0.1) is 10.8 Å². The number of benzene rings is 2. The van der Waals surface area contributed by atoms with Gasteiger partial charge in [-0.05, 0) is 74.9 Å². The van der Waals surface area contributed by atoms with Crippen molar-refractivity contribution in [1.82, 2.24) is 0 Å². The predicted molar refractivity (Wildman–Crippen MR) is 123 cm³/mol. The van der Waals surface area contributed by atoms with Gasteiger partial charge in [0.25, 0.3) is 0 Å². The Balaban J connectivity index is 0.00000364. The highest BCUT2D eigenvalue weighted by atomic mass is 35.5. The van der Waals surface area contributed by atoms with Crippen molar-refractivity contribution in [2.24, 2.45) is 0 Å². The van der Waals surface area contributed by atoms with Crippen LogP contribution < -0.4 is 0 Å². The lowest BCUT2D eigenvalue weighted by molar-refractivity contribution is 0.103. The summed E-state index contributed by atoms with van der Waals surface area (Å²) in [7, 11) is 0. The average Bonchev–Trinajstić information content (AvgIpc) is 2.69. The van der Waals surface area contributed by atoms with Crippen molar-refractivity contribution < 1.29 is 4.79 Å². The quantitative estimate of drug-likeness (QED) is 0.230. The van der Waals surface area contributed by atoms with Crippen LogP contribution in [0.2, 0.25) is 0 Å². The molecule has 0 atom stereocenters. The van der Waals surface area contributed by atoms with Crippen LogP contribution in [0.5, 0.6) is 0 Å². The Bertz CT molecular complexity index is 651. The fourth-order valence-corrected chi connectivity index (χ4v) is 2.96. The first kappa shape index (κ1) is 26.0. The number of hydrogen-bond acceptors (Lipinski definition) is 3. The standard InChI is InChI=1S/C23H28N2O.2ClH/c24-17-5-1-3-7-19-9-13-21(14-10-19)23(26)22-15-11-20(12-16-22)8-4-2-6-18-25;;/h9-18,24-25H,1-8H2;2*1H. The fraction of sp³-hybridized carbons (Fsp3) is 0.348. The van der Waals surface area contributed by atoms with Gasteiger partial charge < -0.3 is 10.8 Å². The van der Waals surface area contributed by atoms with E-state index in [4.69, 9.17) is 10.8 Å². The Kier molecular flexibility index (Phi) is 14.0. The summed E-state index contributed by atoms with van der Waals surface area (Å²) in [6, 6.07) is 15.8. The van der Waals surface area contributed by atoms with Gasteiger partial charge in [0.05, 0.1) is 0 Å². The normalized spacial score (nSPS) is 9.71. The topological polar surface area (TPSA) is 64.8 Å². The zero-order valence-electron chi connectivity index (χ0n) is 16.2. The van der Waals surface area contributed by atoms with Crippen LogP contribution >= 0.6 is 24.8 Å². The highest BCUT2D eigenvalue weighted by Gasteiger charge is 2.09. The molecule has 2 N–H and O–H groups in total. The maximum absolute atomic E-state index is 12.6. The first-order chi connectivity index (χ1) is 12.7. The van der Waals surface area contributed by atoms with E-state index in [1.807, 2.05) is 48.5 Å². The smallest absolute Gasteiger partial charge is 0.193 e. The van der Waals surface area contributed by atoms with E-state index in [0.717, 1.165) is 62.5 Å². The summed E-state index contributed by atoms with van der Waals surface area (Å²) in [5.74, 6) is 0.0655. The van der Waals surface area contributed by atoms with Gasteiger partial charge in [-0.25, -0.2) is 0 Å². The van der Waals surface area contributed by atoms with Crippen molar-refractivity contribution in [3.63, 3.8) is 0 Å². The number of rotatable bonds is 12. The first-order valence-electron chi connectivity index (χ1n) is 9.45. The van der Waals surface area contributed by atoms with Crippen molar-refractivity contribution in [3.8, 4) is 0 Å². The number of halogens is 2. The second-order valence-electron chi connectivity index (χ2n) is 6.62. The highest BCUT2D eigenvalue weighted by Crippen LogP contribution is 2.15. The van der Waals surface area contributed by atoms with E-state index in [9.17, 15) is 4.79 Å². The number of hydrogen-bond donors (Lipinski definition) is 2.